The third-order valence-electron chi connectivity index (χ3n) is 3.41. The molecule has 0 aromatic carbocycles. The van der Waals surface area contributed by atoms with Crippen molar-refractivity contribution in [3.8, 4) is 0 Å². The summed E-state index contributed by atoms with van der Waals surface area (Å²) in [6, 6.07) is 2.09. The lowest BCUT2D eigenvalue weighted by Crippen LogP contribution is -2.38. The Kier molecular flexibility index (Phi) is 7.02. The molecule has 8 heteroatoms. The highest BCUT2D eigenvalue weighted by atomic mass is 32.1. The maximum Gasteiger partial charge on any atom is 0.191 e. The van der Waals surface area contributed by atoms with Crippen LogP contribution in [0.4, 0.5) is 0 Å². The van der Waals surface area contributed by atoms with Crippen LogP contribution in [0, 0.1) is 6.92 Å². The first kappa shape index (κ1) is 17.4. The molecule has 0 spiro atoms. The largest absolute Gasteiger partial charge is 0.385 e. The average molecular weight is 336 g/mol. The Bertz CT molecular complexity index is 608. The van der Waals surface area contributed by atoms with Crippen molar-refractivity contribution in [1.29, 1.82) is 0 Å². The molecule has 2 aromatic rings. The molecule has 0 fully saturated rings. The Morgan fingerprint density at radius 3 is 2.91 bits per heavy atom. The van der Waals surface area contributed by atoms with Crippen molar-refractivity contribution < 1.29 is 4.74 Å². The summed E-state index contributed by atoms with van der Waals surface area (Å²) in [4.78, 5) is 4.62. The Morgan fingerprint density at radius 2 is 2.26 bits per heavy atom. The van der Waals surface area contributed by atoms with Crippen molar-refractivity contribution in [3.63, 3.8) is 0 Å². The number of nitrogens with zero attached hydrogens (tertiary/aromatic N) is 4. The van der Waals surface area contributed by atoms with E-state index in [1.807, 2.05) is 18.5 Å². The molecule has 2 aromatic heterocycles. The Hall–Kier alpha value is -1.93. The van der Waals surface area contributed by atoms with Gasteiger partial charge in [-0.05, 0) is 35.7 Å². The van der Waals surface area contributed by atoms with Crippen molar-refractivity contribution >= 4 is 17.3 Å². The van der Waals surface area contributed by atoms with Crippen LogP contribution in [0.2, 0.25) is 0 Å². The van der Waals surface area contributed by atoms with Crippen LogP contribution in [-0.4, -0.2) is 41.0 Å². The van der Waals surface area contributed by atoms with Crippen molar-refractivity contribution in [2.75, 3.05) is 20.3 Å². The number of rotatable bonds is 8. The zero-order valence-electron chi connectivity index (χ0n) is 13.9. The van der Waals surface area contributed by atoms with E-state index in [9.17, 15) is 0 Å². The molecular formula is C15H24N6OS. The highest BCUT2D eigenvalue weighted by Crippen LogP contribution is 2.06. The maximum atomic E-state index is 5.07. The smallest absolute Gasteiger partial charge is 0.191 e. The molecule has 0 bridgehead atoms. The van der Waals surface area contributed by atoms with Gasteiger partial charge in [0, 0.05) is 27.3 Å². The van der Waals surface area contributed by atoms with Crippen LogP contribution >= 0.6 is 11.3 Å². The molecule has 126 valence electrons. The molecule has 0 saturated heterocycles. The van der Waals surface area contributed by atoms with Crippen LogP contribution in [0.15, 0.2) is 21.8 Å². The van der Waals surface area contributed by atoms with Crippen LogP contribution in [0.25, 0.3) is 0 Å². The first-order valence-electron chi connectivity index (χ1n) is 7.57. The lowest BCUT2D eigenvalue weighted by Gasteiger charge is -2.12. The van der Waals surface area contributed by atoms with Gasteiger partial charge in [-0.15, -0.1) is 10.2 Å². The molecule has 0 radical (unpaired) electrons. The minimum atomic E-state index is 0.580. The van der Waals surface area contributed by atoms with Gasteiger partial charge >= 0.3 is 0 Å². The van der Waals surface area contributed by atoms with Gasteiger partial charge in [0.05, 0.1) is 13.1 Å². The van der Waals surface area contributed by atoms with Crippen LogP contribution < -0.4 is 10.6 Å². The Balaban J connectivity index is 1.91. The summed E-state index contributed by atoms with van der Waals surface area (Å²) in [6.45, 7) is 4.71. The summed E-state index contributed by atoms with van der Waals surface area (Å²) >= 11 is 1.68. The molecule has 23 heavy (non-hydrogen) atoms. The molecule has 2 N–H and O–H groups in total. The predicted octanol–water partition coefficient (Wildman–Crippen LogP) is 1.46. The van der Waals surface area contributed by atoms with E-state index in [0.29, 0.717) is 13.1 Å². The second kappa shape index (κ2) is 9.26. The summed E-state index contributed by atoms with van der Waals surface area (Å²) in [7, 11) is 3.67. The standard InChI is InChI=1S/C15H24N6OS/c1-12-19-20-14(21(12)2)10-18-15(16-6-4-7-22-3)17-9-13-5-8-23-11-13/h5,8,11H,4,6-7,9-10H2,1-3H3,(H2,16,17,18). The van der Waals surface area contributed by atoms with E-state index in [1.165, 1.54) is 5.56 Å². The summed E-state index contributed by atoms with van der Waals surface area (Å²) in [5.41, 5.74) is 1.21. The fourth-order valence-electron chi connectivity index (χ4n) is 1.92. The van der Waals surface area contributed by atoms with Gasteiger partial charge in [0.15, 0.2) is 11.8 Å². The number of hydrogen-bond donors (Lipinski definition) is 2. The summed E-state index contributed by atoms with van der Waals surface area (Å²) in [6.07, 6.45) is 0.929. The number of aliphatic imine (C=N–C) groups is 1. The second-order valence-electron chi connectivity index (χ2n) is 5.15. The predicted molar refractivity (Wildman–Crippen MR) is 92.5 cm³/mol. The number of nitrogens with one attached hydrogen (secondary N) is 2. The van der Waals surface area contributed by atoms with Crippen molar-refractivity contribution in [1.82, 2.24) is 25.4 Å². The number of ether oxygens (including phenoxy) is 1. The van der Waals surface area contributed by atoms with Gasteiger partial charge in [-0.2, -0.15) is 11.3 Å². The van der Waals surface area contributed by atoms with Gasteiger partial charge in [-0.25, -0.2) is 4.99 Å². The van der Waals surface area contributed by atoms with E-state index in [-0.39, 0.29) is 0 Å². The molecular weight excluding hydrogens is 312 g/mol. The van der Waals surface area contributed by atoms with Crippen LogP contribution in [0.3, 0.4) is 0 Å². The normalized spacial score (nSPS) is 11.7. The first-order valence-corrected chi connectivity index (χ1v) is 8.52. The van der Waals surface area contributed by atoms with Crippen molar-refractivity contribution in [2.45, 2.75) is 26.4 Å². The lowest BCUT2D eigenvalue weighted by molar-refractivity contribution is 0.195. The maximum absolute atomic E-state index is 5.07. The van der Waals surface area contributed by atoms with Gasteiger partial charge < -0.3 is 19.9 Å². The Labute approximate surface area is 140 Å². The van der Waals surface area contributed by atoms with E-state index in [2.05, 4.69) is 42.6 Å². The zero-order chi connectivity index (χ0) is 16.5. The molecule has 7 nitrogen and oxygen atoms in total. The highest BCUT2D eigenvalue weighted by molar-refractivity contribution is 7.07. The first-order chi connectivity index (χ1) is 11.2. The number of aromatic nitrogens is 3. The van der Waals surface area contributed by atoms with Crippen LogP contribution in [0.5, 0.6) is 0 Å². The highest BCUT2D eigenvalue weighted by Gasteiger charge is 2.06. The van der Waals surface area contributed by atoms with Gasteiger partial charge in [0.2, 0.25) is 0 Å². The molecule has 0 amide bonds. The summed E-state index contributed by atoms with van der Waals surface area (Å²) in [5.74, 6) is 2.55. The molecule has 2 heterocycles. The number of hydrogen-bond acceptors (Lipinski definition) is 5. The van der Waals surface area contributed by atoms with E-state index in [1.54, 1.807) is 18.4 Å². The third kappa shape index (κ3) is 5.65. The second-order valence-corrected chi connectivity index (χ2v) is 5.93. The SMILES string of the molecule is COCCCNC(=NCc1ccsc1)NCc1nnc(C)n1C. The number of guanidine groups is 1. The fourth-order valence-corrected chi connectivity index (χ4v) is 2.58. The summed E-state index contributed by atoms with van der Waals surface area (Å²) in [5, 5.41) is 19.0. The molecule has 0 aliphatic carbocycles. The minimum absolute atomic E-state index is 0.580. The topological polar surface area (TPSA) is 76.4 Å². The van der Waals surface area contributed by atoms with E-state index >= 15 is 0 Å². The zero-order valence-corrected chi connectivity index (χ0v) is 14.7. The minimum Gasteiger partial charge on any atom is -0.385 e. The van der Waals surface area contributed by atoms with Gasteiger partial charge in [0.25, 0.3) is 0 Å². The fraction of sp³-hybridized carbons (Fsp3) is 0.533. The number of thiophene rings is 1. The summed E-state index contributed by atoms with van der Waals surface area (Å²) < 4.78 is 7.04. The van der Waals surface area contributed by atoms with E-state index in [4.69, 9.17) is 4.74 Å². The molecule has 0 unspecified atom stereocenters. The van der Waals surface area contributed by atoms with Crippen molar-refractivity contribution in [2.24, 2.45) is 12.0 Å². The molecule has 0 saturated carbocycles. The van der Waals surface area contributed by atoms with E-state index in [0.717, 1.165) is 37.2 Å². The number of methoxy groups -OCH3 is 1. The van der Waals surface area contributed by atoms with Gasteiger partial charge in [-0.1, -0.05) is 0 Å². The monoisotopic (exact) mass is 336 g/mol. The molecule has 0 atom stereocenters. The number of aryl methyl sites for hydroxylation is 1. The Morgan fingerprint density at radius 1 is 1.39 bits per heavy atom. The van der Waals surface area contributed by atoms with E-state index < -0.39 is 0 Å². The average Bonchev–Trinajstić information content (AvgIpc) is 3.18. The molecule has 0 aliphatic heterocycles. The van der Waals surface area contributed by atoms with Crippen LogP contribution in [0.1, 0.15) is 23.6 Å². The van der Waals surface area contributed by atoms with Gasteiger partial charge in [-0.3, -0.25) is 0 Å². The van der Waals surface area contributed by atoms with Gasteiger partial charge in [0.1, 0.15) is 5.82 Å². The molecule has 0 aliphatic rings. The molecule has 2 rings (SSSR count). The van der Waals surface area contributed by atoms with Crippen LogP contribution in [-0.2, 0) is 24.9 Å². The third-order valence-corrected chi connectivity index (χ3v) is 4.15. The quantitative estimate of drug-likeness (QED) is 0.434. The van der Waals surface area contributed by atoms with Crippen molar-refractivity contribution in [3.05, 3.63) is 34.0 Å². The lowest BCUT2D eigenvalue weighted by atomic mass is 10.3.